The largest absolute Gasteiger partial charge is 0.328 e. The Morgan fingerprint density at radius 2 is 2.07 bits per heavy atom. The maximum atomic E-state index is 15.2. The smallest absolute Gasteiger partial charge is 0.256 e. The average Bonchev–Trinajstić information content (AvgIpc) is 3.20. The molecule has 1 aliphatic rings. The molecule has 0 atom stereocenters. The van der Waals surface area contributed by atoms with Gasteiger partial charge in [0.2, 0.25) is 0 Å². The van der Waals surface area contributed by atoms with Crippen LogP contribution < -0.4 is 0 Å². The average molecular weight is 409 g/mol. The van der Waals surface area contributed by atoms with Crippen LogP contribution in [0.4, 0.5) is 4.39 Å². The number of hydrogen-bond donors (Lipinski definition) is 0. The van der Waals surface area contributed by atoms with E-state index in [0.29, 0.717) is 5.56 Å². The van der Waals surface area contributed by atoms with E-state index in [-0.39, 0.29) is 28.4 Å². The predicted octanol–water partition coefficient (Wildman–Crippen LogP) is 4.58. The van der Waals surface area contributed by atoms with Gasteiger partial charge < -0.3 is 4.90 Å². The fourth-order valence-electron chi connectivity index (χ4n) is 3.58. The lowest BCUT2D eigenvalue weighted by molar-refractivity contribution is 0.0765. The van der Waals surface area contributed by atoms with E-state index in [4.69, 9.17) is 14.3 Å². The van der Waals surface area contributed by atoms with Gasteiger partial charge in [0.25, 0.3) is 5.91 Å². The van der Waals surface area contributed by atoms with Gasteiger partial charge in [0.1, 0.15) is 5.82 Å². The SMILES string of the molecule is [2H]C1([2H])c2ncccc2C(=O)N1Cc1c(F)cc(-c2cccc3nn(C)cc23)cc1Cl. The van der Waals surface area contributed by atoms with E-state index in [9.17, 15) is 4.79 Å². The first-order valence-corrected chi connectivity index (χ1v) is 9.33. The van der Waals surface area contributed by atoms with Gasteiger partial charge in [-0.1, -0.05) is 23.7 Å². The van der Waals surface area contributed by atoms with E-state index in [2.05, 4.69) is 10.1 Å². The molecule has 2 aromatic carbocycles. The Hall–Kier alpha value is -3.25. The van der Waals surface area contributed by atoms with Gasteiger partial charge in [0, 0.05) is 35.4 Å². The molecule has 1 aliphatic heterocycles. The molecular formula is C22H16ClFN4O. The Balaban J connectivity index is 1.55. The van der Waals surface area contributed by atoms with Crippen molar-refractivity contribution in [3.63, 3.8) is 0 Å². The van der Waals surface area contributed by atoms with Crippen molar-refractivity contribution in [2.45, 2.75) is 13.0 Å². The number of hydrogen-bond acceptors (Lipinski definition) is 3. The molecular weight excluding hydrogens is 391 g/mol. The summed E-state index contributed by atoms with van der Waals surface area (Å²) in [6, 6.07) is 11.6. The van der Waals surface area contributed by atoms with E-state index in [1.807, 2.05) is 31.4 Å². The zero-order valence-electron chi connectivity index (χ0n) is 17.4. The van der Waals surface area contributed by atoms with Crippen LogP contribution >= 0.6 is 11.6 Å². The minimum Gasteiger partial charge on any atom is -0.328 e. The highest BCUT2D eigenvalue weighted by molar-refractivity contribution is 6.31. The number of carbonyl (C=O) groups is 1. The number of rotatable bonds is 3. The predicted molar refractivity (Wildman–Crippen MR) is 109 cm³/mol. The molecule has 0 unspecified atom stereocenters. The molecule has 2 aromatic heterocycles. The first-order chi connectivity index (χ1) is 14.8. The molecule has 0 aliphatic carbocycles. The molecule has 0 spiro atoms. The monoisotopic (exact) mass is 408 g/mol. The number of aromatic nitrogens is 3. The normalized spacial score (nSPS) is 16.1. The van der Waals surface area contributed by atoms with E-state index in [1.165, 1.54) is 18.3 Å². The fraction of sp³-hybridized carbons (Fsp3) is 0.136. The minimum atomic E-state index is -2.16. The van der Waals surface area contributed by atoms with Crippen LogP contribution in [0.25, 0.3) is 22.0 Å². The van der Waals surface area contributed by atoms with Crippen molar-refractivity contribution < 1.29 is 11.9 Å². The van der Waals surface area contributed by atoms with Crippen LogP contribution in [0.1, 0.15) is 24.4 Å². The van der Waals surface area contributed by atoms with E-state index < -0.39 is 18.2 Å². The van der Waals surface area contributed by atoms with Crippen molar-refractivity contribution >= 4 is 28.4 Å². The summed E-state index contributed by atoms with van der Waals surface area (Å²) in [5, 5.41) is 5.35. The van der Waals surface area contributed by atoms with Gasteiger partial charge in [0.05, 0.1) is 32.6 Å². The molecule has 0 bridgehead atoms. The minimum absolute atomic E-state index is 0.0245. The number of halogens is 2. The third-order valence-corrected chi connectivity index (χ3v) is 5.29. The van der Waals surface area contributed by atoms with Crippen molar-refractivity contribution in [3.05, 3.63) is 82.5 Å². The molecule has 0 fully saturated rings. The quantitative estimate of drug-likeness (QED) is 0.498. The second-order valence-corrected chi connectivity index (χ2v) is 7.27. The number of nitrogens with zero attached hydrogens (tertiary/aromatic N) is 4. The Kier molecular flexibility index (Phi) is 3.60. The number of carbonyl (C=O) groups excluding carboxylic acids is 1. The Morgan fingerprint density at radius 3 is 2.86 bits per heavy atom. The topological polar surface area (TPSA) is 51.0 Å². The first-order valence-electron chi connectivity index (χ1n) is 9.95. The van der Waals surface area contributed by atoms with Crippen LogP contribution in [0.5, 0.6) is 0 Å². The fourth-order valence-corrected chi connectivity index (χ4v) is 3.85. The molecule has 3 heterocycles. The summed E-state index contributed by atoms with van der Waals surface area (Å²) in [6.07, 6.45) is 3.28. The van der Waals surface area contributed by atoms with E-state index in [1.54, 1.807) is 16.8 Å². The highest BCUT2D eigenvalue weighted by Crippen LogP contribution is 2.34. The summed E-state index contributed by atoms with van der Waals surface area (Å²) < 4.78 is 33.6. The summed E-state index contributed by atoms with van der Waals surface area (Å²) >= 11 is 6.43. The van der Waals surface area contributed by atoms with E-state index >= 15 is 4.39 Å². The van der Waals surface area contributed by atoms with Gasteiger partial charge >= 0.3 is 0 Å². The molecule has 0 saturated carbocycles. The van der Waals surface area contributed by atoms with Gasteiger partial charge in [-0.25, -0.2) is 4.39 Å². The molecule has 5 nitrogen and oxygen atoms in total. The Morgan fingerprint density at radius 1 is 1.24 bits per heavy atom. The molecule has 4 aromatic rings. The molecule has 0 radical (unpaired) electrons. The van der Waals surface area contributed by atoms with Crippen molar-refractivity contribution in [3.8, 4) is 11.1 Å². The summed E-state index contributed by atoms with van der Waals surface area (Å²) in [4.78, 5) is 17.7. The van der Waals surface area contributed by atoms with Crippen LogP contribution in [0.3, 0.4) is 0 Å². The van der Waals surface area contributed by atoms with Crippen LogP contribution in [-0.2, 0) is 20.1 Å². The lowest BCUT2D eigenvalue weighted by Crippen LogP contribution is -2.24. The number of amides is 1. The van der Waals surface area contributed by atoms with Gasteiger partial charge in [-0.15, -0.1) is 0 Å². The lowest BCUT2D eigenvalue weighted by atomic mass is 10.00. The van der Waals surface area contributed by atoms with Crippen molar-refractivity contribution in [1.82, 2.24) is 19.7 Å². The molecule has 0 N–H and O–H groups in total. The lowest BCUT2D eigenvalue weighted by Gasteiger charge is -2.18. The molecule has 7 heteroatoms. The standard InChI is InChI=1S/C22H16ClFN4O/c1-27-10-16-14(4-2-6-20(16)26-27)13-8-18(23)17(19(24)9-13)11-28-12-21-15(22(28)29)5-3-7-25-21/h2-10H,11-12H2,1H3/i12D2. The maximum absolute atomic E-state index is 15.2. The van der Waals surface area contributed by atoms with Gasteiger partial charge in [-0.3, -0.25) is 14.5 Å². The molecule has 29 heavy (non-hydrogen) atoms. The zero-order valence-corrected chi connectivity index (χ0v) is 16.1. The van der Waals surface area contributed by atoms with Gasteiger partial charge in [0.15, 0.2) is 0 Å². The maximum Gasteiger partial charge on any atom is 0.256 e. The van der Waals surface area contributed by atoms with Crippen LogP contribution in [-0.4, -0.2) is 25.6 Å². The van der Waals surface area contributed by atoms with Crippen molar-refractivity contribution in [1.29, 1.82) is 0 Å². The zero-order chi connectivity index (χ0) is 21.9. The van der Waals surface area contributed by atoms with Crippen LogP contribution in [0, 0.1) is 5.82 Å². The van der Waals surface area contributed by atoms with Crippen molar-refractivity contribution in [2.24, 2.45) is 7.05 Å². The second-order valence-electron chi connectivity index (χ2n) is 6.86. The third kappa shape index (κ3) is 2.96. The second kappa shape index (κ2) is 6.67. The molecule has 144 valence electrons. The molecule has 0 saturated heterocycles. The molecule has 1 amide bonds. The Labute approximate surface area is 174 Å². The number of aryl methyl sites for hydroxylation is 1. The number of benzene rings is 2. The van der Waals surface area contributed by atoms with Crippen molar-refractivity contribution in [2.75, 3.05) is 0 Å². The summed E-state index contributed by atoms with van der Waals surface area (Å²) in [7, 11) is 1.81. The first kappa shape index (κ1) is 15.6. The van der Waals surface area contributed by atoms with Gasteiger partial charge in [-0.2, -0.15) is 5.10 Å². The number of fused-ring (bicyclic) bond motifs is 2. The summed E-state index contributed by atoms with van der Waals surface area (Å²) in [5.74, 6) is -1.16. The number of pyridine rings is 1. The van der Waals surface area contributed by atoms with Crippen LogP contribution in [0.2, 0.25) is 5.02 Å². The summed E-state index contributed by atoms with van der Waals surface area (Å²) in [5.41, 5.74) is 2.38. The van der Waals surface area contributed by atoms with Gasteiger partial charge in [-0.05, 0) is 41.5 Å². The van der Waals surface area contributed by atoms with E-state index in [0.717, 1.165) is 21.4 Å². The molecule has 5 rings (SSSR count). The summed E-state index contributed by atoms with van der Waals surface area (Å²) in [6.45, 7) is -2.48. The van der Waals surface area contributed by atoms with Crippen LogP contribution in [0.15, 0.2) is 54.9 Å². The third-order valence-electron chi connectivity index (χ3n) is 4.96. The highest BCUT2D eigenvalue weighted by atomic mass is 35.5. The highest BCUT2D eigenvalue weighted by Gasteiger charge is 2.29. The Bertz CT molecular complexity index is 1350.